The summed E-state index contributed by atoms with van der Waals surface area (Å²) in [5.74, 6) is 0.153. The summed E-state index contributed by atoms with van der Waals surface area (Å²) in [6, 6.07) is 21.1. The van der Waals surface area contributed by atoms with Gasteiger partial charge in [-0.1, -0.05) is 42.5 Å². The molecule has 0 radical (unpaired) electrons. The highest BCUT2D eigenvalue weighted by Gasteiger charge is 2.25. The van der Waals surface area contributed by atoms with Crippen LogP contribution in [0.15, 0.2) is 74.1 Å². The van der Waals surface area contributed by atoms with Gasteiger partial charge in [-0.3, -0.25) is 0 Å². The molecule has 1 heterocycles. The number of fused-ring (bicyclic) bond motifs is 4. The first-order chi connectivity index (χ1) is 17.0. The third-order valence-electron chi connectivity index (χ3n) is 5.80. The van der Waals surface area contributed by atoms with Gasteiger partial charge in [0.05, 0.1) is 13.6 Å². The average molecular weight is 691 g/mol. The van der Waals surface area contributed by atoms with E-state index in [9.17, 15) is 4.79 Å². The van der Waals surface area contributed by atoms with Gasteiger partial charge in [-0.25, -0.2) is 4.79 Å². The molecule has 1 aromatic heterocycles. The van der Waals surface area contributed by atoms with Gasteiger partial charge >= 0.3 is 5.97 Å². The predicted molar refractivity (Wildman–Crippen MR) is 161 cm³/mol. The monoisotopic (exact) mass is 688 g/mol. The van der Waals surface area contributed by atoms with Crippen LogP contribution in [0.5, 0.6) is 5.75 Å². The van der Waals surface area contributed by atoms with Gasteiger partial charge in [0.25, 0.3) is 0 Å². The van der Waals surface area contributed by atoms with Crippen LogP contribution >= 0.6 is 59.1 Å². The number of benzene rings is 4. The Balaban J connectivity index is 1.69. The summed E-state index contributed by atoms with van der Waals surface area (Å²) in [6.45, 7) is 7.23. The summed E-state index contributed by atoms with van der Waals surface area (Å²) in [7, 11) is 0. The Hall–Kier alpha value is -1.93. The van der Waals surface area contributed by atoms with E-state index in [1.165, 1.54) is 20.2 Å². The van der Waals surface area contributed by atoms with Gasteiger partial charge in [0.1, 0.15) is 11.4 Å². The molecule has 0 saturated carbocycles. The van der Waals surface area contributed by atoms with Crippen molar-refractivity contribution >= 4 is 96.0 Å². The molecule has 5 rings (SSSR count). The van der Waals surface area contributed by atoms with Crippen molar-refractivity contribution in [2.75, 3.05) is 0 Å². The minimum atomic E-state index is -0.760. The summed E-state index contributed by atoms with van der Waals surface area (Å²) < 4.78 is 16.6. The first kappa shape index (κ1) is 25.7. The normalized spacial score (nSPS) is 12.9. The van der Waals surface area contributed by atoms with Crippen LogP contribution in [0, 0.1) is 0 Å². The van der Waals surface area contributed by atoms with Crippen molar-refractivity contribution in [3.8, 4) is 16.9 Å². The lowest BCUT2D eigenvalue weighted by molar-refractivity contribution is -0.162. The van der Waals surface area contributed by atoms with E-state index in [1.807, 2.05) is 20.8 Å². The molecule has 0 aliphatic rings. The van der Waals surface area contributed by atoms with Gasteiger partial charge in [0, 0.05) is 19.9 Å². The highest BCUT2D eigenvalue weighted by atomic mass is 79.9. The van der Waals surface area contributed by atoms with Gasteiger partial charge < -0.3 is 9.47 Å². The molecule has 0 fully saturated rings. The molecule has 0 amide bonds. The minimum absolute atomic E-state index is 0.407. The molecule has 0 bridgehead atoms. The first-order valence-electron chi connectivity index (χ1n) is 11.5. The van der Waals surface area contributed by atoms with E-state index in [1.54, 1.807) is 18.3 Å². The summed E-state index contributed by atoms with van der Waals surface area (Å²) in [5.41, 5.74) is 1.63. The number of hydrogen-bond acceptors (Lipinski definition) is 4. The topological polar surface area (TPSA) is 35.5 Å². The maximum absolute atomic E-state index is 12.5. The molecule has 36 heavy (non-hydrogen) atoms. The Kier molecular flexibility index (Phi) is 6.96. The number of hydrogen-bond donors (Lipinski definition) is 0. The fourth-order valence-corrected chi connectivity index (χ4v) is 7.64. The van der Waals surface area contributed by atoms with E-state index >= 15 is 0 Å². The van der Waals surface area contributed by atoms with Crippen molar-refractivity contribution in [1.29, 1.82) is 0 Å². The molecular formula is C29H23Br3O3S. The molecule has 184 valence electrons. The number of carbonyl (C=O) groups is 1. The largest absolute Gasteiger partial charge is 0.477 e. The minimum Gasteiger partial charge on any atom is -0.477 e. The average Bonchev–Trinajstić information content (AvgIpc) is 3.20. The lowest BCUT2D eigenvalue weighted by Crippen LogP contribution is -2.33. The molecule has 5 aromatic rings. The van der Waals surface area contributed by atoms with Crippen molar-refractivity contribution in [2.45, 2.75) is 39.4 Å². The summed E-state index contributed by atoms with van der Waals surface area (Å²) >= 11 is 13.1. The molecular weight excluding hydrogens is 668 g/mol. The number of rotatable bonds is 4. The number of thiophene rings is 1. The van der Waals surface area contributed by atoms with E-state index in [4.69, 9.17) is 9.47 Å². The molecule has 0 aliphatic heterocycles. The molecule has 4 aromatic carbocycles. The number of carbonyl (C=O) groups excluding carboxylic acids is 1. The second kappa shape index (κ2) is 9.75. The van der Waals surface area contributed by atoms with Crippen molar-refractivity contribution in [3.63, 3.8) is 0 Å². The molecule has 0 aliphatic carbocycles. The number of halogens is 3. The zero-order valence-corrected chi connectivity index (χ0v) is 25.7. The Labute approximate surface area is 239 Å². The van der Waals surface area contributed by atoms with Gasteiger partial charge in [-0.15, -0.1) is 11.3 Å². The quantitative estimate of drug-likeness (QED) is 0.176. The fourth-order valence-electron chi connectivity index (χ4n) is 4.32. The maximum atomic E-state index is 12.5. The van der Waals surface area contributed by atoms with Crippen LogP contribution in [-0.2, 0) is 9.53 Å². The van der Waals surface area contributed by atoms with Crippen LogP contribution in [-0.4, -0.2) is 17.7 Å². The molecule has 0 spiro atoms. The zero-order chi connectivity index (χ0) is 25.8. The van der Waals surface area contributed by atoms with Gasteiger partial charge in [0.2, 0.25) is 0 Å². The summed E-state index contributed by atoms with van der Waals surface area (Å²) in [5, 5.41) is 4.77. The smallest absolute Gasteiger partial charge is 0.347 e. The van der Waals surface area contributed by atoms with Gasteiger partial charge in [-0.2, -0.15) is 0 Å². The number of esters is 1. The standard InChI is InChI=1S/C29H23Br3O3S/c1-15(28(33)35-29(2,3)4)34-26-20(30)13-16(14-21(26)31)23-17-9-5-6-10-18(17)25(32)27-24(23)19-11-7-8-12-22(19)36-27/h5-15H,1-4H3/t15-/m1/s1. The van der Waals surface area contributed by atoms with Crippen LogP contribution in [0.25, 0.3) is 42.1 Å². The highest BCUT2D eigenvalue weighted by Crippen LogP contribution is 2.50. The lowest BCUT2D eigenvalue weighted by Gasteiger charge is -2.23. The predicted octanol–water partition coefficient (Wildman–Crippen LogP) is 10.3. The molecule has 0 N–H and O–H groups in total. The maximum Gasteiger partial charge on any atom is 0.347 e. The van der Waals surface area contributed by atoms with E-state index in [2.05, 4.69) is 108 Å². The summed E-state index contributed by atoms with van der Waals surface area (Å²) in [4.78, 5) is 12.5. The highest BCUT2D eigenvalue weighted by molar-refractivity contribution is 9.11. The van der Waals surface area contributed by atoms with Crippen molar-refractivity contribution in [1.82, 2.24) is 0 Å². The second-order valence-electron chi connectivity index (χ2n) is 9.60. The molecule has 3 nitrogen and oxygen atoms in total. The Morgan fingerprint density at radius 3 is 2.11 bits per heavy atom. The number of ether oxygens (including phenoxy) is 2. The Morgan fingerprint density at radius 2 is 1.47 bits per heavy atom. The van der Waals surface area contributed by atoms with Crippen LogP contribution in [0.1, 0.15) is 27.7 Å². The fraction of sp³-hybridized carbons (Fsp3) is 0.207. The van der Waals surface area contributed by atoms with E-state index in [-0.39, 0.29) is 0 Å². The second-order valence-corrected chi connectivity index (χ2v) is 13.2. The molecule has 7 heteroatoms. The SMILES string of the molecule is C[C@@H](Oc1c(Br)cc(-c2c3ccccc3c(Br)c3sc4ccccc4c23)cc1Br)C(=O)OC(C)(C)C. The van der Waals surface area contributed by atoms with Crippen LogP contribution in [0.4, 0.5) is 0 Å². The third-order valence-corrected chi connectivity index (χ3v) is 9.25. The first-order valence-corrected chi connectivity index (χ1v) is 14.6. The van der Waals surface area contributed by atoms with E-state index in [0.29, 0.717) is 5.75 Å². The lowest BCUT2D eigenvalue weighted by atomic mass is 9.93. The molecule has 1 atom stereocenters. The molecule has 0 unspecified atom stereocenters. The Bertz CT molecular complexity index is 1630. The van der Waals surface area contributed by atoms with Gasteiger partial charge in [0.15, 0.2) is 6.10 Å². The van der Waals surface area contributed by atoms with Crippen LogP contribution < -0.4 is 4.74 Å². The van der Waals surface area contributed by atoms with Gasteiger partial charge in [-0.05, 0) is 116 Å². The summed E-state index contributed by atoms with van der Waals surface area (Å²) in [6.07, 6.45) is -0.760. The van der Waals surface area contributed by atoms with Crippen molar-refractivity contribution < 1.29 is 14.3 Å². The molecule has 0 saturated heterocycles. The van der Waals surface area contributed by atoms with E-state index < -0.39 is 17.7 Å². The van der Waals surface area contributed by atoms with Crippen molar-refractivity contribution in [3.05, 3.63) is 74.1 Å². The zero-order valence-electron chi connectivity index (χ0n) is 20.1. The Morgan fingerprint density at radius 1 is 0.889 bits per heavy atom. The third kappa shape index (κ3) is 4.71. The van der Waals surface area contributed by atoms with Crippen LogP contribution in [0.2, 0.25) is 0 Å². The van der Waals surface area contributed by atoms with Crippen molar-refractivity contribution in [2.24, 2.45) is 0 Å². The van der Waals surface area contributed by atoms with Crippen LogP contribution in [0.3, 0.4) is 0 Å². The van der Waals surface area contributed by atoms with E-state index in [0.717, 1.165) is 35.3 Å².